The van der Waals surface area contributed by atoms with Gasteiger partial charge in [0.05, 0.1) is 11.0 Å². The molecule has 25 heavy (non-hydrogen) atoms. The van der Waals surface area contributed by atoms with Gasteiger partial charge in [0.25, 0.3) is 0 Å². The van der Waals surface area contributed by atoms with Crippen molar-refractivity contribution in [1.82, 2.24) is 19.5 Å². The number of nitriles is 1. The normalized spacial score (nSPS) is 15.4. The van der Waals surface area contributed by atoms with Gasteiger partial charge in [0.15, 0.2) is 11.5 Å². The zero-order valence-electron chi connectivity index (χ0n) is 14.3. The number of benzene rings is 1. The van der Waals surface area contributed by atoms with Crippen LogP contribution >= 0.6 is 0 Å². The summed E-state index contributed by atoms with van der Waals surface area (Å²) in [7, 11) is 0. The number of rotatable bonds is 3. The fourth-order valence-electron chi connectivity index (χ4n) is 3.73. The molecule has 1 fully saturated rings. The lowest BCUT2D eigenvalue weighted by Gasteiger charge is -2.34. The molecule has 126 valence electrons. The maximum Gasteiger partial charge on any atom is 0.183 e. The minimum absolute atomic E-state index is 0.406. The number of para-hydroxylation sites is 2. The number of fused-ring (bicyclic) bond motifs is 1. The van der Waals surface area contributed by atoms with E-state index in [1.54, 1.807) is 12.4 Å². The van der Waals surface area contributed by atoms with Crippen LogP contribution in [-0.4, -0.2) is 32.6 Å². The molecule has 0 radical (unpaired) electrons. The number of nitrogens with zero attached hydrogens (tertiary/aromatic N) is 6. The number of hydrogen-bond acceptors (Lipinski definition) is 5. The van der Waals surface area contributed by atoms with Crippen LogP contribution in [0, 0.1) is 11.3 Å². The van der Waals surface area contributed by atoms with Crippen LogP contribution in [-0.2, 0) is 6.42 Å². The van der Waals surface area contributed by atoms with Crippen LogP contribution in [0.1, 0.15) is 37.3 Å². The first kappa shape index (κ1) is 15.6. The Labute approximate surface area is 146 Å². The molecule has 2 aromatic heterocycles. The van der Waals surface area contributed by atoms with Crippen molar-refractivity contribution >= 4 is 16.9 Å². The molecule has 1 aliphatic heterocycles. The van der Waals surface area contributed by atoms with Gasteiger partial charge in [0.1, 0.15) is 11.9 Å². The molecular formula is C19H20N6. The summed E-state index contributed by atoms with van der Waals surface area (Å²) >= 11 is 0. The van der Waals surface area contributed by atoms with E-state index in [0.717, 1.165) is 43.7 Å². The maximum atomic E-state index is 9.25. The van der Waals surface area contributed by atoms with Gasteiger partial charge in [-0.15, -0.1) is 0 Å². The lowest BCUT2D eigenvalue weighted by Crippen LogP contribution is -2.36. The van der Waals surface area contributed by atoms with Gasteiger partial charge in [0.2, 0.25) is 0 Å². The van der Waals surface area contributed by atoms with Crippen molar-refractivity contribution in [2.45, 2.75) is 32.2 Å². The zero-order valence-corrected chi connectivity index (χ0v) is 14.3. The van der Waals surface area contributed by atoms with Crippen LogP contribution < -0.4 is 4.90 Å². The zero-order chi connectivity index (χ0) is 17.2. The average molecular weight is 332 g/mol. The minimum Gasteiger partial charge on any atom is -0.354 e. The van der Waals surface area contributed by atoms with Crippen molar-refractivity contribution in [3.63, 3.8) is 0 Å². The van der Waals surface area contributed by atoms with Crippen LogP contribution in [0.5, 0.6) is 0 Å². The average Bonchev–Trinajstić information content (AvgIpc) is 3.06. The van der Waals surface area contributed by atoms with E-state index in [9.17, 15) is 5.26 Å². The monoisotopic (exact) mass is 332 g/mol. The van der Waals surface area contributed by atoms with Crippen molar-refractivity contribution in [2.75, 3.05) is 18.0 Å². The van der Waals surface area contributed by atoms with E-state index >= 15 is 0 Å². The third kappa shape index (κ3) is 2.72. The summed E-state index contributed by atoms with van der Waals surface area (Å²) in [5, 5.41) is 9.25. The van der Waals surface area contributed by atoms with Gasteiger partial charge >= 0.3 is 0 Å². The Balaban J connectivity index is 1.60. The Morgan fingerprint density at radius 3 is 2.68 bits per heavy atom. The van der Waals surface area contributed by atoms with E-state index < -0.39 is 0 Å². The topological polar surface area (TPSA) is 70.6 Å². The molecule has 0 bridgehead atoms. The molecule has 1 saturated heterocycles. The van der Waals surface area contributed by atoms with Crippen molar-refractivity contribution in [3.05, 3.63) is 48.2 Å². The summed E-state index contributed by atoms with van der Waals surface area (Å²) in [6.45, 7) is 3.90. The SMILES string of the molecule is CCc1nc2ccccc2n1C1CCN(c2nccnc2C#N)CC1. The molecule has 3 aromatic rings. The number of aryl methyl sites for hydroxylation is 1. The highest BCUT2D eigenvalue weighted by Crippen LogP contribution is 2.31. The molecule has 0 spiro atoms. The number of piperidine rings is 1. The molecule has 1 aromatic carbocycles. The van der Waals surface area contributed by atoms with Gasteiger partial charge < -0.3 is 9.47 Å². The summed E-state index contributed by atoms with van der Waals surface area (Å²) < 4.78 is 2.41. The molecule has 0 saturated carbocycles. The molecule has 6 heteroatoms. The van der Waals surface area contributed by atoms with Crippen molar-refractivity contribution < 1.29 is 0 Å². The highest BCUT2D eigenvalue weighted by Gasteiger charge is 2.26. The summed E-state index contributed by atoms with van der Waals surface area (Å²) in [4.78, 5) is 15.5. The second-order valence-corrected chi connectivity index (χ2v) is 6.30. The van der Waals surface area contributed by atoms with E-state index in [2.05, 4.69) is 50.6 Å². The first-order valence-corrected chi connectivity index (χ1v) is 8.73. The molecule has 4 rings (SSSR count). The smallest absolute Gasteiger partial charge is 0.183 e. The van der Waals surface area contributed by atoms with Gasteiger partial charge in [-0.05, 0) is 25.0 Å². The first-order chi connectivity index (χ1) is 12.3. The third-order valence-electron chi connectivity index (χ3n) is 4.90. The predicted molar refractivity (Wildman–Crippen MR) is 96.3 cm³/mol. The van der Waals surface area contributed by atoms with Gasteiger partial charge in [-0.2, -0.15) is 5.26 Å². The quantitative estimate of drug-likeness (QED) is 0.737. The third-order valence-corrected chi connectivity index (χ3v) is 4.90. The molecule has 1 aliphatic rings. The van der Waals surface area contributed by atoms with E-state index in [0.29, 0.717) is 17.6 Å². The van der Waals surface area contributed by atoms with Crippen LogP contribution in [0.3, 0.4) is 0 Å². The van der Waals surface area contributed by atoms with Gasteiger partial charge in [-0.25, -0.2) is 15.0 Å². The van der Waals surface area contributed by atoms with E-state index in [4.69, 9.17) is 4.98 Å². The first-order valence-electron chi connectivity index (χ1n) is 8.73. The van der Waals surface area contributed by atoms with Crippen molar-refractivity contribution in [3.8, 4) is 6.07 Å². The number of anilines is 1. The predicted octanol–water partition coefficient (Wildman–Crippen LogP) is 3.10. The summed E-state index contributed by atoms with van der Waals surface area (Å²) in [5.41, 5.74) is 2.70. The minimum atomic E-state index is 0.406. The summed E-state index contributed by atoms with van der Waals surface area (Å²) in [6.07, 6.45) is 6.17. The van der Waals surface area contributed by atoms with Gasteiger partial charge in [0, 0.05) is 37.9 Å². The Hall–Kier alpha value is -2.94. The molecular weight excluding hydrogens is 312 g/mol. The Morgan fingerprint density at radius 2 is 1.92 bits per heavy atom. The van der Waals surface area contributed by atoms with E-state index in [1.165, 1.54) is 5.52 Å². The summed E-state index contributed by atoms with van der Waals surface area (Å²) in [6, 6.07) is 10.9. The molecule has 0 N–H and O–H groups in total. The lowest BCUT2D eigenvalue weighted by molar-refractivity contribution is 0.393. The number of aromatic nitrogens is 4. The Bertz CT molecular complexity index is 930. The lowest BCUT2D eigenvalue weighted by atomic mass is 10.0. The maximum absolute atomic E-state index is 9.25. The van der Waals surface area contributed by atoms with E-state index in [1.807, 2.05) is 6.07 Å². The van der Waals surface area contributed by atoms with Crippen LogP contribution in [0.2, 0.25) is 0 Å². The second kappa shape index (κ2) is 6.52. The summed E-state index contributed by atoms with van der Waals surface area (Å²) in [5.74, 6) is 1.85. The molecule has 0 aliphatic carbocycles. The Morgan fingerprint density at radius 1 is 1.16 bits per heavy atom. The van der Waals surface area contributed by atoms with Crippen LogP contribution in [0.25, 0.3) is 11.0 Å². The van der Waals surface area contributed by atoms with Gasteiger partial charge in [-0.1, -0.05) is 19.1 Å². The second-order valence-electron chi connectivity index (χ2n) is 6.30. The Kier molecular flexibility index (Phi) is 4.06. The van der Waals surface area contributed by atoms with Crippen molar-refractivity contribution in [1.29, 1.82) is 5.26 Å². The van der Waals surface area contributed by atoms with Crippen molar-refractivity contribution in [2.24, 2.45) is 0 Å². The number of hydrogen-bond donors (Lipinski definition) is 0. The fourth-order valence-corrected chi connectivity index (χ4v) is 3.73. The fraction of sp³-hybridized carbons (Fsp3) is 0.368. The molecule has 0 unspecified atom stereocenters. The van der Waals surface area contributed by atoms with Crippen LogP contribution in [0.15, 0.2) is 36.7 Å². The molecule has 3 heterocycles. The number of imidazole rings is 1. The molecule has 0 amide bonds. The molecule has 0 atom stereocenters. The standard InChI is InChI=1S/C19H20N6/c1-2-18-23-15-5-3-4-6-17(15)25(18)14-7-11-24(12-8-14)19-16(13-20)21-9-10-22-19/h3-6,9-10,14H,2,7-8,11-12H2,1H3. The van der Waals surface area contributed by atoms with Gasteiger partial charge in [-0.3, -0.25) is 0 Å². The molecule has 6 nitrogen and oxygen atoms in total. The highest BCUT2D eigenvalue weighted by atomic mass is 15.2. The highest BCUT2D eigenvalue weighted by molar-refractivity contribution is 5.76. The van der Waals surface area contributed by atoms with E-state index in [-0.39, 0.29) is 0 Å². The largest absolute Gasteiger partial charge is 0.354 e. The van der Waals surface area contributed by atoms with Crippen LogP contribution in [0.4, 0.5) is 5.82 Å².